The van der Waals surface area contributed by atoms with E-state index in [1.807, 2.05) is 0 Å². The van der Waals surface area contributed by atoms with Crippen molar-refractivity contribution in [1.29, 1.82) is 0 Å². The zero-order chi connectivity index (χ0) is 24.5. The number of carbonyl (C=O) groups is 1. The highest BCUT2D eigenvalue weighted by Gasteiger charge is 2.24. The molecule has 0 spiro atoms. The van der Waals surface area contributed by atoms with E-state index in [-0.39, 0.29) is 49.3 Å². The van der Waals surface area contributed by atoms with E-state index in [1.54, 1.807) is 6.92 Å². The lowest BCUT2D eigenvalue weighted by Gasteiger charge is -2.19. The van der Waals surface area contributed by atoms with Gasteiger partial charge in [-0.15, -0.1) is 0 Å². The summed E-state index contributed by atoms with van der Waals surface area (Å²) < 4.78 is 60.4. The Morgan fingerprint density at radius 3 is 2.45 bits per heavy atom. The van der Waals surface area contributed by atoms with Crippen molar-refractivity contribution in [2.75, 3.05) is 12.9 Å². The Kier molecular flexibility index (Phi) is 7.30. The molecule has 7 nitrogen and oxygen atoms in total. The van der Waals surface area contributed by atoms with Gasteiger partial charge in [-0.2, -0.15) is 8.78 Å². The molecule has 1 aromatic heterocycles. The molecule has 0 aliphatic rings. The second kappa shape index (κ2) is 9.66. The molecule has 0 bridgehead atoms. The van der Waals surface area contributed by atoms with Gasteiger partial charge < -0.3 is 14.6 Å². The first kappa shape index (κ1) is 24.9. The molecular weight excluding hydrogens is 503 g/mol. The van der Waals surface area contributed by atoms with Gasteiger partial charge in [-0.05, 0) is 36.8 Å². The standard InChI is InChI=1S/C21H17Cl2F2NO6S/c1-10-13(7-11-3-4-12(8-15(11)23)33(2,29)30)20(32-21(24)25)18-16(31-9-17(27)28)6-5-14(22)19(18)26-10/h3-6,8,21H,7,9H2,1-2H3,(H,27,28). The van der Waals surface area contributed by atoms with Crippen molar-refractivity contribution in [2.45, 2.75) is 24.9 Å². The molecule has 0 aliphatic carbocycles. The van der Waals surface area contributed by atoms with Crippen LogP contribution in [-0.2, 0) is 21.1 Å². The maximum atomic E-state index is 13.4. The van der Waals surface area contributed by atoms with Gasteiger partial charge in [0.05, 0.1) is 20.8 Å². The minimum Gasteiger partial charge on any atom is -0.481 e. The summed E-state index contributed by atoms with van der Waals surface area (Å²) in [6.45, 7) is -2.39. The van der Waals surface area contributed by atoms with Crippen LogP contribution >= 0.6 is 23.2 Å². The van der Waals surface area contributed by atoms with E-state index in [0.717, 1.165) is 6.26 Å². The number of rotatable bonds is 8. The Morgan fingerprint density at radius 1 is 1.18 bits per heavy atom. The Hall–Kier alpha value is -2.69. The van der Waals surface area contributed by atoms with Crippen LogP contribution in [-0.4, -0.2) is 44.0 Å². The number of aromatic nitrogens is 1. The first-order valence-electron chi connectivity index (χ1n) is 9.28. The number of hydrogen-bond acceptors (Lipinski definition) is 6. The number of aliphatic carboxylic acids is 1. The Balaban J connectivity index is 2.23. The number of benzene rings is 2. The van der Waals surface area contributed by atoms with Gasteiger partial charge in [-0.1, -0.05) is 29.3 Å². The van der Waals surface area contributed by atoms with Crippen LogP contribution in [0.5, 0.6) is 11.5 Å². The average molecular weight is 520 g/mol. The van der Waals surface area contributed by atoms with Crippen LogP contribution in [0.25, 0.3) is 10.9 Å². The first-order chi connectivity index (χ1) is 15.4. The minimum atomic E-state index is -3.50. The molecule has 0 amide bonds. The molecule has 3 aromatic rings. The highest BCUT2D eigenvalue weighted by Crippen LogP contribution is 2.42. The minimum absolute atomic E-state index is 0.00445. The molecule has 1 N–H and O–H groups in total. The maximum absolute atomic E-state index is 13.4. The van der Waals surface area contributed by atoms with E-state index in [2.05, 4.69) is 4.98 Å². The second-order valence-corrected chi connectivity index (χ2v) is 9.87. The maximum Gasteiger partial charge on any atom is 0.387 e. The van der Waals surface area contributed by atoms with Gasteiger partial charge in [0, 0.05) is 29.0 Å². The van der Waals surface area contributed by atoms with Crippen molar-refractivity contribution in [1.82, 2.24) is 4.98 Å². The topological polar surface area (TPSA) is 103 Å². The summed E-state index contributed by atoms with van der Waals surface area (Å²) in [6, 6.07) is 6.82. The highest BCUT2D eigenvalue weighted by atomic mass is 35.5. The number of carboxylic acid groups (broad SMARTS) is 1. The molecule has 0 aliphatic heterocycles. The number of pyridine rings is 1. The van der Waals surface area contributed by atoms with Crippen LogP contribution in [0.1, 0.15) is 16.8 Å². The summed E-state index contributed by atoms with van der Waals surface area (Å²) in [5.41, 5.74) is 1.05. The normalized spacial score (nSPS) is 11.7. The van der Waals surface area contributed by atoms with Gasteiger partial charge in [-0.3, -0.25) is 4.98 Å². The van der Waals surface area contributed by atoms with Crippen LogP contribution in [0.15, 0.2) is 35.2 Å². The van der Waals surface area contributed by atoms with Crippen molar-refractivity contribution < 1.29 is 36.6 Å². The lowest BCUT2D eigenvalue weighted by Crippen LogP contribution is -2.12. The predicted molar refractivity (Wildman–Crippen MR) is 119 cm³/mol. The Morgan fingerprint density at radius 2 is 1.88 bits per heavy atom. The second-order valence-electron chi connectivity index (χ2n) is 7.04. The number of carboxylic acids is 1. The zero-order valence-corrected chi connectivity index (χ0v) is 19.6. The van der Waals surface area contributed by atoms with E-state index in [1.165, 1.54) is 30.3 Å². The number of hydrogen-bond donors (Lipinski definition) is 1. The third-order valence-corrected chi connectivity index (χ3v) is 6.45. The van der Waals surface area contributed by atoms with Crippen molar-refractivity contribution in [3.63, 3.8) is 0 Å². The van der Waals surface area contributed by atoms with Crippen molar-refractivity contribution in [3.8, 4) is 11.5 Å². The van der Waals surface area contributed by atoms with Crippen LogP contribution < -0.4 is 9.47 Å². The van der Waals surface area contributed by atoms with Gasteiger partial charge in [0.2, 0.25) is 0 Å². The molecule has 0 saturated carbocycles. The molecule has 1 heterocycles. The fourth-order valence-corrected chi connectivity index (χ4v) is 4.36. The summed E-state index contributed by atoms with van der Waals surface area (Å²) in [4.78, 5) is 15.4. The molecular formula is C21H17Cl2F2NO6S. The summed E-state index contributed by atoms with van der Waals surface area (Å²) in [7, 11) is -3.50. The van der Waals surface area contributed by atoms with Gasteiger partial charge in [-0.25, -0.2) is 13.2 Å². The molecule has 0 saturated heterocycles. The summed E-state index contributed by atoms with van der Waals surface area (Å²) >= 11 is 12.5. The predicted octanol–water partition coefficient (Wildman–Crippen LogP) is 4.91. The smallest absolute Gasteiger partial charge is 0.387 e. The lowest BCUT2D eigenvalue weighted by molar-refractivity contribution is -0.139. The molecule has 3 rings (SSSR count). The molecule has 0 fully saturated rings. The summed E-state index contributed by atoms with van der Waals surface area (Å²) in [5.74, 6) is -1.62. The fraction of sp³-hybridized carbons (Fsp3) is 0.238. The molecule has 0 unspecified atom stereocenters. The van der Waals surface area contributed by atoms with E-state index in [4.69, 9.17) is 37.8 Å². The number of fused-ring (bicyclic) bond motifs is 1. The highest BCUT2D eigenvalue weighted by molar-refractivity contribution is 7.90. The quantitative estimate of drug-likeness (QED) is 0.450. The van der Waals surface area contributed by atoms with Crippen LogP contribution in [0.3, 0.4) is 0 Å². The van der Waals surface area contributed by atoms with Crippen LogP contribution in [0.2, 0.25) is 10.0 Å². The third kappa shape index (κ3) is 5.63. The van der Waals surface area contributed by atoms with E-state index in [9.17, 15) is 22.0 Å². The average Bonchev–Trinajstić information content (AvgIpc) is 2.70. The number of ether oxygens (including phenoxy) is 2. The Bertz CT molecular complexity index is 1350. The van der Waals surface area contributed by atoms with Crippen molar-refractivity contribution in [3.05, 3.63) is 57.2 Å². The van der Waals surface area contributed by atoms with Crippen molar-refractivity contribution in [2.24, 2.45) is 0 Å². The number of nitrogens with zero attached hydrogens (tertiary/aromatic N) is 1. The summed E-state index contributed by atoms with van der Waals surface area (Å²) in [6.07, 6.45) is 0.997. The number of aryl methyl sites for hydroxylation is 1. The zero-order valence-electron chi connectivity index (χ0n) is 17.2. The van der Waals surface area contributed by atoms with Crippen LogP contribution in [0, 0.1) is 6.92 Å². The lowest BCUT2D eigenvalue weighted by atomic mass is 9.99. The number of sulfone groups is 1. The molecule has 12 heteroatoms. The molecule has 176 valence electrons. The van der Waals surface area contributed by atoms with E-state index >= 15 is 0 Å². The third-order valence-electron chi connectivity index (χ3n) is 4.69. The summed E-state index contributed by atoms with van der Waals surface area (Å²) in [5, 5.41) is 9.15. The van der Waals surface area contributed by atoms with Gasteiger partial charge in [0.1, 0.15) is 11.5 Å². The molecule has 33 heavy (non-hydrogen) atoms. The van der Waals surface area contributed by atoms with Gasteiger partial charge >= 0.3 is 12.6 Å². The number of halogens is 4. The monoisotopic (exact) mass is 519 g/mol. The Labute approximate surface area is 197 Å². The molecule has 0 atom stereocenters. The van der Waals surface area contributed by atoms with Gasteiger partial charge in [0.15, 0.2) is 16.4 Å². The molecule has 0 radical (unpaired) electrons. The number of alkyl halides is 2. The van der Waals surface area contributed by atoms with E-state index in [0.29, 0.717) is 11.3 Å². The van der Waals surface area contributed by atoms with E-state index < -0.39 is 29.0 Å². The van der Waals surface area contributed by atoms with Crippen molar-refractivity contribution >= 4 is 49.9 Å². The SMILES string of the molecule is Cc1nc2c(Cl)ccc(OCC(=O)O)c2c(OC(F)F)c1Cc1ccc(S(C)(=O)=O)cc1Cl. The first-order valence-corrected chi connectivity index (χ1v) is 11.9. The fourth-order valence-electron chi connectivity index (χ4n) is 3.21. The van der Waals surface area contributed by atoms with Crippen LogP contribution in [0.4, 0.5) is 8.78 Å². The molecule has 2 aromatic carbocycles. The largest absolute Gasteiger partial charge is 0.481 e. The van der Waals surface area contributed by atoms with Gasteiger partial charge in [0.25, 0.3) is 0 Å².